The maximum atomic E-state index is 13.6. The fourth-order valence-corrected chi connectivity index (χ4v) is 2.59. The van der Waals surface area contributed by atoms with Crippen LogP contribution in [0.25, 0.3) is 0 Å². The van der Waals surface area contributed by atoms with Gasteiger partial charge >= 0.3 is 5.97 Å². The highest BCUT2D eigenvalue weighted by molar-refractivity contribution is 6.14. The third-order valence-electron chi connectivity index (χ3n) is 3.96. The van der Waals surface area contributed by atoms with Crippen molar-refractivity contribution in [2.45, 2.75) is 0 Å². The first-order valence-electron chi connectivity index (χ1n) is 8.56. The Hall–Kier alpha value is -3.87. The number of anilines is 1. The molecule has 0 aliphatic heterocycles. The lowest BCUT2D eigenvalue weighted by molar-refractivity contribution is -0.119. The summed E-state index contributed by atoms with van der Waals surface area (Å²) in [5.41, 5.74) is 0.143. The normalized spacial score (nSPS) is 10.3. The van der Waals surface area contributed by atoms with Crippen LogP contribution in [0, 0.1) is 11.6 Å². The van der Waals surface area contributed by atoms with E-state index in [1.54, 1.807) is 42.5 Å². The van der Waals surface area contributed by atoms with Crippen molar-refractivity contribution in [1.29, 1.82) is 0 Å². The smallest absolute Gasteiger partial charge is 0.339 e. The molecule has 3 aromatic carbocycles. The Morgan fingerprint density at radius 3 is 2.21 bits per heavy atom. The van der Waals surface area contributed by atoms with Crippen molar-refractivity contribution in [2.24, 2.45) is 0 Å². The Kier molecular flexibility index (Phi) is 6.09. The fraction of sp³-hybridized carbons (Fsp3) is 0.0455. The number of benzene rings is 3. The van der Waals surface area contributed by atoms with Gasteiger partial charge in [-0.15, -0.1) is 0 Å². The van der Waals surface area contributed by atoms with Gasteiger partial charge in [-0.3, -0.25) is 9.59 Å². The molecule has 3 aromatic rings. The second-order valence-electron chi connectivity index (χ2n) is 5.99. The number of hydrogen-bond acceptors (Lipinski definition) is 4. The summed E-state index contributed by atoms with van der Waals surface area (Å²) in [5, 5.41) is 2.12. The molecule has 0 saturated heterocycles. The number of ketones is 1. The van der Waals surface area contributed by atoms with Gasteiger partial charge in [-0.05, 0) is 18.2 Å². The average molecular weight is 395 g/mol. The summed E-state index contributed by atoms with van der Waals surface area (Å²) >= 11 is 0. The minimum atomic E-state index is -0.889. The molecule has 0 aromatic heterocycles. The first-order chi connectivity index (χ1) is 14.0. The maximum absolute atomic E-state index is 13.6. The number of nitrogens with one attached hydrogen (secondary N) is 1. The van der Waals surface area contributed by atoms with Gasteiger partial charge in [0.25, 0.3) is 5.91 Å². The van der Waals surface area contributed by atoms with Crippen LogP contribution >= 0.6 is 0 Å². The average Bonchev–Trinajstić information content (AvgIpc) is 2.74. The Balaban J connectivity index is 1.69. The van der Waals surface area contributed by atoms with Crippen molar-refractivity contribution >= 4 is 23.3 Å². The number of hydrogen-bond donors (Lipinski definition) is 1. The van der Waals surface area contributed by atoms with Crippen molar-refractivity contribution in [1.82, 2.24) is 0 Å². The zero-order valence-electron chi connectivity index (χ0n) is 15.0. The second-order valence-corrected chi connectivity index (χ2v) is 5.99. The number of carbonyl (C=O) groups is 3. The molecule has 0 bridgehead atoms. The fourth-order valence-electron chi connectivity index (χ4n) is 2.59. The molecule has 0 radical (unpaired) electrons. The molecule has 0 spiro atoms. The van der Waals surface area contributed by atoms with Gasteiger partial charge in [-0.2, -0.15) is 0 Å². The molecule has 3 rings (SSSR count). The molecular weight excluding hydrogens is 380 g/mol. The first-order valence-corrected chi connectivity index (χ1v) is 8.56. The summed E-state index contributed by atoms with van der Waals surface area (Å²) in [6.07, 6.45) is 0. The molecule has 0 saturated carbocycles. The third kappa shape index (κ3) is 4.90. The number of esters is 1. The standard InChI is InChI=1S/C22H15F2NO4/c23-15-10-11-18(24)19(12-15)25-20(26)13-29-22(28)17-9-5-4-8-16(17)21(27)14-6-2-1-3-7-14/h1-12H,13H2,(H,25,26). The van der Waals surface area contributed by atoms with E-state index in [0.717, 1.165) is 18.2 Å². The maximum Gasteiger partial charge on any atom is 0.339 e. The van der Waals surface area contributed by atoms with E-state index in [9.17, 15) is 23.2 Å². The molecule has 0 unspecified atom stereocenters. The number of rotatable bonds is 6. The molecule has 0 heterocycles. The molecular formula is C22H15F2NO4. The lowest BCUT2D eigenvalue weighted by Gasteiger charge is -2.10. The molecule has 0 aliphatic carbocycles. The minimum absolute atomic E-state index is 0.00825. The summed E-state index contributed by atoms with van der Waals surface area (Å²) in [4.78, 5) is 37.0. The molecule has 0 fully saturated rings. The quantitative estimate of drug-likeness (QED) is 0.506. The summed E-state index contributed by atoms with van der Waals surface area (Å²) < 4.78 is 31.7. The van der Waals surface area contributed by atoms with Crippen LogP contribution in [0.1, 0.15) is 26.3 Å². The predicted octanol–water partition coefficient (Wildman–Crippen LogP) is 3.99. The third-order valence-corrected chi connectivity index (χ3v) is 3.96. The van der Waals surface area contributed by atoms with Crippen LogP contribution in [-0.2, 0) is 9.53 Å². The van der Waals surface area contributed by atoms with Gasteiger partial charge in [-0.1, -0.05) is 48.5 Å². The van der Waals surface area contributed by atoms with Crippen molar-refractivity contribution in [3.05, 3.63) is 101 Å². The molecule has 0 aliphatic rings. The monoisotopic (exact) mass is 395 g/mol. The van der Waals surface area contributed by atoms with E-state index in [4.69, 9.17) is 4.74 Å². The van der Waals surface area contributed by atoms with Gasteiger partial charge in [-0.25, -0.2) is 13.6 Å². The van der Waals surface area contributed by atoms with Crippen LogP contribution in [0.15, 0.2) is 72.8 Å². The molecule has 29 heavy (non-hydrogen) atoms. The van der Waals surface area contributed by atoms with Gasteiger partial charge in [0.05, 0.1) is 11.3 Å². The first kappa shape index (κ1) is 19.9. The van der Waals surface area contributed by atoms with Crippen LogP contribution in [0.4, 0.5) is 14.5 Å². The Labute approximate surface area is 164 Å². The molecule has 5 nitrogen and oxygen atoms in total. The van der Waals surface area contributed by atoms with Crippen molar-refractivity contribution in [2.75, 3.05) is 11.9 Å². The van der Waals surface area contributed by atoms with Gasteiger partial charge in [0.1, 0.15) is 11.6 Å². The number of halogens is 2. The minimum Gasteiger partial charge on any atom is -0.452 e. The van der Waals surface area contributed by atoms with E-state index in [1.165, 1.54) is 12.1 Å². The molecule has 7 heteroatoms. The van der Waals surface area contributed by atoms with Crippen molar-refractivity contribution < 1.29 is 27.9 Å². The molecule has 146 valence electrons. The molecule has 0 atom stereocenters. The summed E-state index contributed by atoms with van der Waals surface area (Å²) in [7, 11) is 0. The van der Waals surface area contributed by atoms with Crippen LogP contribution in [0.5, 0.6) is 0 Å². The molecule has 1 N–H and O–H groups in total. The summed E-state index contributed by atoms with van der Waals surface area (Å²) in [5.74, 6) is -3.67. The van der Waals surface area contributed by atoms with Gasteiger partial charge < -0.3 is 10.1 Å². The van der Waals surface area contributed by atoms with Crippen molar-refractivity contribution in [3.8, 4) is 0 Å². The lowest BCUT2D eigenvalue weighted by Crippen LogP contribution is -2.22. The van der Waals surface area contributed by atoms with E-state index in [1.807, 2.05) is 0 Å². The number of amides is 1. The number of ether oxygens (including phenoxy) is 1. The van der Waals surface area contributed by atoms with E-state index < -0.39 is 30.1 Å². The second kappa shape index (κ2) is 8.88. The zero-order chi connectivity index (χ0) is 20.8. The van der Waals surface area contributed by atoms with Crippen LogP contribution < -0.4 is 5.32 Å². The highest BCUT2D eigenvalue weighted by atomic mass is 19.1. The van der Waals surface area contributed by atoms with E-state index in [2.05, 4.69) is 5.32 Å². The predicted molar refractivity (Wildman–Crippen MR) is 102 cm³/mol. The van der Waals surface area contributed by atoms with Crippen LogP contribution in [0.3, 0.4) is 0 Å². The van der Waals surface area contributed by atoms with Gasteiger partial charge in [0.15, 0.2) is 12.4 Å². The van der Waals surface area contributed by atoms with Crippen LogP contribution in [0.2, 0.25) is 0 Å². The lowest BCUT2D eigenvalue weighted by atomic mass is 9.98. The SMILES string of the molecule is O=C(COC(=O)c1ccccc1C(=O)c1ccccc1)Nc1cc(F)ccc1F. The Bertz CT molecular complexity index is 1070. The zero-order valence-corrected chi connectivity index (χ0v) is 15.0. The summed E-state index contributed by atoms with van der Waals surface area (Å²) in [6.45, 7) is -0.733. The van der Waals surface area contributed by atoms with E-state index in [0.29, 0.717) is 5.56 Å². The Morgan fingerprint density at radius 1 is 0.828 bits per heavy atom. The highest BCUT2D eigenvalue weighted by Crippen LogP contribution is 2.17. The van der Waals surface area contributed by atoms with Gasteiger partial charge in [0.2, 0.25) is 0 Å². The van der Waals surface area contributed by atoms with E-state index >= 15 is 0 Å². The summed E-state index contributed by atoms with van der Waals surface area (Å²) in [6, 6.07) is 17.0. The highest BCUT2D eigenvalue weighted by Gasteiger charge is 2.20. The Morgan fingerprint density at radius 2 is 1.48 bits per heavy atom. The van der Waals surface area contributed by atoms with E-state index in [-0.39, 0.29) is 22.6 Å². The number of carbonyl (C=O) groups excluding carboxylic acids is 3. The van der Waals surface area contributed by atoms with Gasteiger partial charge in [0, 0.05) is 17.2 Å². The topological polar surface area (TPSA) is 72.5 Å². The van der Waals surface area contributed by atoms with Crippen LogP contribution in [-0.4, -0.2) is 24.3 Å². The molecule has 1 amide bonds. The van der Waals surface area contributed by atoms with Crippen molar-refractivity contribution in [3.63, 3.8) is 0 Å². The largest absolute Gasteiger partial charge is 0.452 e.